The van der Waals surface area contributed by atoms with Gasteiger partial charge < -0.3 is 15.2 Å². The van der Waals surface area contributed by atoms with Crippen molar-refractivity contribution in [1.82, 2.24) is 19.5 Å². The summed E-state index contributed by atoms with van der Waals surface area (Å²) < 4.78 is 2.12. The van der Waals surface area contributed by atoms with E-state index in [1.807, 2.05) is 6.20 Å². The highest BCUT2D eigenvalue weighted by Gasteiger charge is 2.20. The molecule has 3 rings (SSSR count). The molecule has 0 atom stereocenters. The van der Waals surface area contributed by atoms with Gasteiger partial charge in [0.15, 0.2) is 5.82 Å². The third kappa shape index (κ3) is 1.80. The van der Waals surface area contributed by atoms with Crippen molar-refractivity contribution in [2.75, 3.05) is 17.2 Å². The number of hydrogen-bond donors (Lipinski definition) is 1. The molecule has 0 unspecified atom stereocenters. The average molecular weight is 251 g/mol. The van der Waals surface area contributed by atoms with Crippen LogP contribution in [0.5, 0.6) is 0 Å². The maximum absolute atomic E-state index is 5.86. The second-order valence-corrected chi connectivity index (χ2v) is 4.21. The molecule has 1 aliphatic heterocycles. The number of nitrogen functional groups attached to an aromatic ring is 1. The molecular formula is C10H11ClN6. The zero-order valence-electron chi connectivity index (χ0n) is 9.04. The number of fused-ring (bicyclic) bond motifs is 1. The van der Waals surface area contributed by atoms with E-state index in [0.717, 1.165) is 18.9 Å². The van der Waals surface area contributed by atoms with Crippen molar-refractivity contribution in [2.45, 2.75) is 13.1 Å². The maximum Gasteiger partial charge on any atom is 0.224 e. The van der Waals surface area contributed by atoms with Gasteiger partial charge >= 0.3 is 0 Å². The minimum Gasteiger partial charge on any atom is -0.394 e. The molecule has 0 saturated carbocycles. The molecule has 7 heteroatoms. The minimum atomic E-state index is 0.211. The topological polar surface area (TPSA) is 72.9 Å². The average Bonchev–Trinajstić information content (AvgIpc) is 2.79. The summed E-state index contributed by atoms with van der Waals surface area (Å²) in [7, 11) is 0. The Balaban J connectivity index is 1.94. The Kier molecular flexibility index (Phi) is 2.36. The van der Waals surface area contributed by atoms with Gasteiger partial charge in [0.2, 0.25) is 5.28 Å². The molecule has 3 heterocycles. The molecular weight excluding hydrogens is 240 g/mol. The molecule has 2 N–H and O–H groups in total. The predicted molar refractivity (Wildman–Crippen MR) is 64.7 cm³/mol. The van der Waals surface area contributed by atoms with Crippen LogP contribution in [0.1, 0.15) is 5.82 Å². The first-order chi connectivity index (χ1) is 8.24. The van der Waals surface area contributed by atoms with Gasteiger partial charge in [-0.1, -0.05) is 0 Å². The van der Waals surface area contributed by atoms with E-state index in [-0.39, 0.29) is 5.28 Å². The molecule has 0 aliphatic carbocycles. The van der Waals surface area contributed by atoms with Crippen LogP contribution in [0.25, 0.3) is 0 Å². The van der Waals surface area contributed by atoms with Crippen LogP contribution in [-0.2, 0) is 13.1 Å². The lowest BCUT2D eigenvalue weighted by Crippen LogP contribution is -2.34. The third-order valence-corrected chi connectivity index (χ3v) is 2.99. The summed E-state index contributed by atoms with van der Waals surface area (Å²) in [5, 5.41) is 0.211. The quantitative estimate of drug-likeness (QED) is 0.763. The second-order valence-electron chi connectivity index (χ2n) is 3.88. The zero-order chi connectivity index (χ0) is 11.8. The molecule has 88 valence electrons. The van der Waals surface area contributed by atoms with E-state index in [9.17, 15) is 0 Å². The van der Waals surface area contributed by atoms with Crippen molar-refractivity contribution < 1.29 is 0 Å². The first-order valence-corrected chi connectivity index (χ1v) is 5.65. The van der Waals surface area contributed by atoms with Crippen LogP contribution in [0.15, 0.2) is 18.6 Å². The van der Waals surface area contributed by atoms with Gasteiger partial charge in [0, 0.05) is 25.5 Å². The highest BCUT2D eigenvalue weighted by atomic mass is 35.5. The van der Waals surface area contributed by atoms with E-state index >= 15 is 0 Å². The van der Waals surface area contributed by atoms with E-state index in [4.69, 9.17) is 17.3 Å². The molecule has 2 aromatic rings. The van der Waals surface area contributed by atoms with Gasteiger partial charge in [-0.3, -0.25) is 0 Å². The van der Waals surface area contributed by atoms with E-state index in [1.165, 1.54) is 6.20 Å². The van der Waals surface area contributed by atoms with Gasteiger partial charge in [-0.2, -0.15) is 4.98 Å². The molecule has 1 aliphatic rings. The van der Waals surface area contributed by atoms with Crippen molar-refractivity contribution in [3.63, 3.8) is 0 Å². The smallest absolute Gasteiger partial charge is 0.224 e. The van der Waals surface area contributed by atoms with Crippen LogP contribution in [0.2, 0.25) is 5.28 Å². The molecule has 0 spiro atoms. The lowest BCUT2D eigenvalue weighted by atomic mass is 10.3. The van der Waals surface area contributed by atoms with Gasteiger partial charge in [0.25, 0.3) is 0 Å². The molecule has 0 amide bonds. The van der Waals surface area contributed by atoms with Crippen LogP contribution >= 0.6 is 11.6 Å². The van der Waals surface area contributed by atoms with Crippen LogP contribution in [0.3, 0.4) is 0 Å². The Morgan fingerprint density at radius 1 is 1.29 bits per heavy atom. The van der Waals surface area contributed by atoms with Gasteiger partial charge in [-0.15, -0.1) is 0 Å². The molecule has 0 saturated heterocycles. The van der Waals surface area contributed by atoms with Crippen molar-refractivity contribution in [2.24, 2.45) is 0 Å². The van der Waals surface area contributed by atoms with Gasteiger partial charge in [0.05, 0.1) is 18.4 Å². The monoisotopic (exact) mass is 250 g/mol. The largest absolute Gasteiger partial charge is 0.394 e. The first-order valence-electron chi connectivity index (χ1n) is 5.27. The van der Waals surface area contributed by atoms with Gasteiger partial charge in [-0.25, -0.2) is 9.97 Å². The summed E-state index contributed by atoms with van der Waals surface area (Å²) in [4.78, 5) is 14.4. The van der Waals surface area contributed by atoms with Crippen LogP contribution in [0.4, 0.5) is 11.5 Å². The van der Waals surface area contributed by atoms with Crippen molar-refractivity contribution in [1.29, 1.82) is 0 Å². The number of nitrogens with two attached hydrogens (primary N) is 1. The summed E-state index contributed by atoms with van der Waals surface area (Å²) in [5.74, 6) is 1.68. The summed E-state index contributed by atoms with van der Waals surface area (Å²) >= 11 is 5.79. The SMILES string of the molecule is Nc1cnc(Cl)nc1N1CCn2ccnc2C1. The van der Waals surface area contributed by atoms with Crippen molar-refractivity contribution in [3.05, 3.63) is 29.7 Å². The van der Waals surface area contributed by atoms with Crippen molar-refractivity contribution >= 4 is 23.1 Å². The number of anilines is 2. The Labute approximate surface area is 103 Å². The highest BCUT2D eigenvalue weighted by Crippen LogP contribution is 2.24. The third-order valence-electron chi connectivity index (χ3n) is 2.81. The molecule has 0 fully saturated rings. The van der Waals surface area contributed by atoms with E-state index < -0.39 is 0 Å². The molecule has 0 aromatic carbocycles. The molecule has 0 bridgehead atoms. The second kappa shape index (κ2) is 3.89. The van der Waals surface area contributed by atoms with Gasteiger partial charge in [-0.05, 0) is 11.6 Å². The molecule has 17 heavy (non-hydrogen) atoms. The van der Waals surface area contributed by atoms with E-state index in [1.54, 1.807) is 6.20 Å². The summed E-state index contributed by atoms with van der Waals surface area (Å²) in [5.41, 5.74) is 6.40. The van der Waals surface area contributed by atoms with Gasteiger partial charge in [0.1, 0.15) is 5.82 Å². The number of halogens is 1. The fraction of sp³-hybridized carbons (Fsp3) is 0.300. The van der Waals surface area contributed by atoms with Crippen LogP contribution in [0, 0.1) is 0 Å². The lowest BCUT2D eigenvalue weighted by Gasteiger charge is -2.29. The van der Waals surface area contributed by atoms with E-state index in [2.05, 4.69) is 24.4 Å². The summed E-state index contributed by atoms with van der Waals surface area (Å²) in [6.07, 6.45) is 5.31. The maximum atomic E-state index is 5.86. The van der Waals surface area contributed by atoms with Crippen LogP contribution in [-0.4, -0.2) is 26.1 Å². The number of nitrogens with zero attached hydrogens (tertiary/aromatic N) is 5. The Bertz CT molecular complexity index is 551. The van der Waals surface area contributed by atoms with E-state index in [0.29, 0.717) is 18.1 Å². The highest BCUT2D eigenvalue weighted by molar-refractivity contribution is 6.28. The van der Waals surface area contributed by atoms with Crippen molar-refractivity contribution in [3.8, 4) is 0 Å². The summed E-state index contributed by atoms with van der Waals surface area (Å²) in [6, 6.07) is 0. The fourth-order valence-electron chi connectivity index (χ4n) is 1.97. The Morgan fingerprint density at radius 3 is 3.06 bits per heavy atom. The standard InChI is InChI=1S/C10H11ClN6/c11-10-14-5-7(12)9(15-10)17-4-3-16-2-1-13-8(16)6-17/h1-2,5H,3-4,6,12H2. The number of aromatic nitrogens is 4. The molecule has 2 aromatic heterocycles. The normalized spacial score (nSPS) is 14.8. The minimum absolute atomic E-state index is 0.211. The number of imidazole rings is 1. The Hall–Kier alpha value is -1.82. The summed E-state index contributed by atoms with van der Waals surface area (Å²) in [6.45, 7) is 2.39. The molecule has 6 nitrogen and oxygen atoms in total. The number of hydrogen-bond acceptors (Lipinski definition) is 5. The molecule has 0 radical (unpaired) electrons. The number of rotatable bonds is 1. The zero-order valence-corrected chi connectivity index (χ0v) is 9.80. The Morgan fingerprint density at radius 2 is 2.18 bits per heavy atom. The fourth-order valence-corrected chi connectivity index (χ4v) is 2.10. The lowest BCUT2D eigenvalue weighted by molar-refractivity contribution is 0.556. The predicted octanol–water partition coefficient (Wildman–Crippen LogP) is 0.929. The van der Waals surface area contributed by atoms with Crippen LogP contribution < -0.4 is 10.6 Å². The first kappa shape index (κ1) is 10.3.